The largest absolute Gasteiger partial charge is 0.392 e. The first-order valence-electron chi connectivity index (χ1n) is 10.2. The van der Waals surface area contributed by atoms with E-state index in [-0.39, 0.29) is 23.8 Å². The summed E-state index contributed by atoms with van der Waals surface area (Å²) >= 11 is 6.15. The fourth-order valence-electron chi connectivity index (χ4n) is 3.75. The number of nitrogens with one attached hydrogen (secondary N) is 1. The quantitative estimate of drug-likeness (QED) is 0.594. The fraction of sp³-hybridized carbons (Fsp3) is 0.476. The van der Waals surface area contributed by atoms with Crippen LogP contribution in [-0.4, -0.2) is 65.7 Å². The maximum absolute atomic E-state index is 12.0. The van der Waals surface area contributed by atoms with Crippen molar-refractivity contribution in [3.8, 4) is 11.3 Å². The third-order valence-corrected chi connectivity index (χ3v) is 7.09. The molecule has 4 rings (SSSR count). The van der Waals surface area contributed by atoms with Gasteiger partial charge in [-0.15, -0.1) is 0 Å². The lowest BCUT2D eigenvalue weighted by Gasteiger charge is -2.32. The van der Waals surface area contributed by atoms with Crippen LogP contribution in [0, 0.1) is 0 Å². The predicted molar refractivity (Wildman–Crippen MR) is 124 cm³/mol. The summed E-state index contributed by atoms with van der Waals surface area (Å²) in [6.45, 7) is 5.59. The summed E-state index contributed by atoms with van der Waals surface area (Å²) in [5, 5.41) is 12.5. The van der Waals surface area contributed by atoms with E-state index in [1.807, 2.05) is 12.1 Å². The second-order valence-electron chi connectivity index (χ2n) is 8.67. The number of aromatic nitrogens is 2. The molecule has 1 atom stereocenters. The summed E-state index contributed by atoms with van der Waals surface area (Å²) in [4.78, 5) is 20.0. The molecule has 1 aromatic carbocycles. The smallest absolute Gasteiger partial charge is 0.251 e. The molecule has 0 aliphatic carbocycles. The second kappa shape index (κ2) is 9.30. The van der Waals surface area contributed by atoms with Crippen molar-refractivity contribution in [1.82, 2.24) is 19.6 Å². The molecular formula is C21H28ClN5O4S. The first-order chi connectivity index (χ1) is 14.9. The number of aliphatic hydroxyl groups excluding tert-OH is 1. The van der Waals surface area contributed by atoms with E-state index in [0.717, 1.165) is 17.5 Å². The van der Waals surface area contributed by atoms with E-state index in [0.29, 0.717) is 35.8 Å². The van der Waals surface area contributed by atoms with Crippen molar-refractivity contribution in [1.29, 1.82) is 0 Å². The maximum Gasteiger partial charge on any atom is 0.251 e. The van der Waals surface area contributed by atoms with Crippen LogP contribution in [0.25, 0.3) is 11.3 Å². The van der Waals surface area contributed by atoms with Gasteiger partial charge in [0.05, 0.1) is 29.3 Å². The number of halogens is 1. The number of β-amino-alcohol motifs (C(OH)–C–C–N with tert-alkyl or cyclic N) is 1. The molecule has 32 heavy (non-hydrogen) atoms. The van der Waals surface area contributed by atoms with Crippen LogP contribution in [0.2, 0.25) is 5.02 Å². The van der Waals surface area contributed by atoms with Crippen LogP contribution >= 0.6 is 11.6 Å². The normalized spacial score (nSPS) is 20.5. The van der Waals surface area contributed by atoms with Crippen molar-refractivity contribution in [3.63, 3.8) is 0 Å². The van der Waals surface area contributed by atoms with Gasteiger partial charge in [0, 0.05) is 36.2 Å². The topological polar surface area (TPSA) is 139 Å². The van der Waals surface area contributed by atoms with E-state index >= 15 is 0 Å². The molecule has 4 N–H and O–H groups in total. The zero-order chi connectivity index (χ0) is 23.7. The molecule has 9 nitrogen and oxygen atoms in total. The van der Waals surface area contributed by atoms with Gasteiger partial charge in [0.15, 0.2) is 0 Å². The highest BCUT2D eigenvalue weighted by Gasteiger charge is 2.32. The summed E-state index contributed by atoms with van der Waals surface area (Å²) in [7, 11) is -3.09. The van der Waals surface area contributed by atoms with Gasteiger partial charge in [-0.2, -0.15) is 4.31 Å². The van der Waals surface area contributed by atoms with E-state index in [9.17, 15) is 13.2 Å². The van der Waals surface area contributed by atoms with Gasteiger partial charge in [-0.1, -0.05) is 31.5 Å². The van der Waals surface area contributed by atoms with Gasteiger partial charge in [0.1, 0.15) is 0 Å². The van der Waals surface area contributed by atoms with E-state index in [2.05, 4.69) is 29.1 Å². The molecule has 1 aromatic heterocycles. The number of fused-ring (bicyclic) bond motifs is 1. The Morgan fingerprint density at radius 2 is 2.06 bits per heavy atom. The summed E-state index contributed by atoms with van der Waals surface area (Å²) in [5.41, 5.74) is 8.56. The summed E-state index contributed by atoms with van der Waals surface area (Å²) in [5.74, 6) is 0.119. The minimum Gasteiger partial charge on any atom is -0.392 e. The Hall–Kier alpha value is -2.27. The SMILES string of the molecule is CC1(C)CNC(=O)c2ccc(-c3nc(N)ncc3Cl)cc21.CS(=O)(=O)N1CCCC(O)C1. The number of amides is 1. The number of carbonyl (C=O) groups is 1. The molecule has 1 amide bonds. The number of hydrogen-bond donors (Lipinski definition) is 3. The minimum absolute atomic E-state index is 0.0517. The van der Waals surface area contributed by atoms with Crippen LogP contribution in [0.4, 0.5) is 5.95 Å². The Morgan fingerprint density at radius 1 is 1.34 bits per heavy atom. The third kappa shape index (κ3) is 5.55. The molecule has 174 valence electrons. The van der Waals surface area contributed by atoms with Gasteiger partial charge < -0.3 is 16.2 Å². The molecule has 1 unspecified atom stereocenters. The lowest BCUT2D eigenvalue weighted by Crippen LogP contribution is -2.43. The first-order valence-corrected chi connectivity index (χ1v) is 12.5. The highest BCUT2D eigenvalue weighted by molar-refractivity contribution is 7.88. The number of nitrogens with zero attached hydrogens (tertiary/aromatic N) is 3. The summed E-state index contributed by atoms with van der Waals surface area (Å²) in [6, 6.07) is 5.59. The van der Waals surface area contributed by atoms with Crippen LogP contribution in [0.1, 0.15) is 42.6 Å². The van der Waals surface area contributed by atoms with Gasteiger partial charge >= 0.3 is 0 Å². The zero-order valence-electron chi connectivity index (χ0n) is 18.3. The third-order valence-electron chi connectivity index (χ3n) is 5.55. The number of hydrogen-bond acceptors (Lipinski definition) is 7. The Bertz CT molecular complexity index is 1120. The number of rotatable bonds is 2. The Kier molecular flexibility index (Phi) is 7.09. The van der Waals surface area contributed by atoms with E-state index in [4.69, 9.17) is 22.4 Å². The molecular weight excluding hydrogens is 454 g/mol. The molecule has 0 spiro atoms. The summed E-state index contributed by atoms with van der Waals surface area (Å²) < 4.78 is 23.2. The van der Waals surface area contributed by atoms with Crippen LogP contribution in [0.5, 0.6) is 0 Å². The Morgan fingerprint density at radius 3 is 2.69 bits per heavy atom. The molecule has 3 heterocycles. The van der Waals surface area contributed by atoms with E-state index < -0.39 is 16.1 Å². The maximum atomic E-state index is 12.0. The lowest BCUT2D eigenvalue weighted by molar-refractivity contribution is 0.0930. The summed E-state index contributed by atoms with van der Waals surface area (Å²) in [6.07, 6.45) is 3.65. The molecule has 0 radical (unpaired) electrons. The lowest BCUT2D eigenvalue weighted by atomic mass is 9.78. The van der Waals surface area contributed by atoms with Crippen molar-refractivity contribution in [2.45, 2.75) is 38.2 Å². The number of anilines is 1. The van der Waals surface area contributed by atoms with Gasteiger partial charge in [-0.05, 0) is 30.5 Å². The standard InChI is InChI=1S/C15H15ClN4O.C6H13NO3S/c1-15(2)7-19-13(21)9-4-3-8(5-10(9)15)12-11(16)6-18-14(17)20-12;1-11(9,10)7-4-2-3-6(8)5-7/h3-6H,7H2,1-2H3,(H,19,21)(H2,17,18,20);6,8H,2-5H2,1H3. The molecule has 2 aliphatic rings. The number of carbonyl (C=O) groups excluding carboxylic acids is 1. The Balaban J connectivity index is 0.000000222. The number of nitrogens with two attached hydrogens (primary N) is 1. The van der Waals surface area contributed by atoms with Crippen molar-refractivity contribution in [2.24, 2.45) is 0 Å². The van der Waals surface area contributed by atoms with Gasteiger partial charge in [0.25, 0.3) is 5.91 Å². The average Bonchev–Trinajstić information content (AvgIpc) is 2.72. The fourth-order valence-corrected chi connectivity index (χ4v) is 4.85. The number of sulfonamides is 1. The van der Waals surface area contributed by atoms with Crippen molar-refractivity contribution >= 4 is 33.5 Å². The molecule has 2 aromatic rings. The molecule has 11 heteroatoms. The molecule has 0 saturated carbocycles. The highest BCUT2D eigenvalue weighted by atomic mass is 35.5. The Labute approximate surface area is 193 Å². The van der Waals surface area contributed by atoms with Crippen LogP contribution in [0.3, 0.4) is 0 Å². The zero-order valence-corrected chi connectivity index (χ0v) is 19.9. The number of benzene rings is 1. The van der Waals surface area contributed by atoms with Crippen molar-refractivity contribution < 1.29 is 18.3 Å². The van der Waals surface area contributed by atoms with Gasteiger partial charge in [0.2, 0.25) is 16.0 Å². The molecule has 2 aliphatic heterocycles. The van der Waals surface area contributed by atoms with Crippen LogP contribution < -0.4 is 11.1 Å². The van der Waals surface area contributed by atoms with Crippen molar-refractivity contribution in [3.05, 3.63) is 40.5 Å². The second-order valence-corrected chi connectivity index (χ2v) is 11.1. The van der Waals surface area contributed by atoms with E-state index in [1.165, 1.54) is 16.8 Å². The van der Waals surface area contributed by atoms with E-state index in [1.54, 1.807) is 6.07 Å². The molecule has 1 saturated heterocycles. The highest BCUT2D eigenvalue weighted by Crippen LogP contribution is 2.34. The van der Waals surface area contributed by atoms with Gasteiger partial charge in [-0.25, -0.2) is 18.4 Å². The predicted octanol–water partition coefficient (Wildman–Crippen LogP) is 1.80. The average molecular weight is 482 g/mol. The van der Waals surface area contributed by atoms with Crippen molar-refractivity contribution in [2.75, 3.05) is 31.6 Å². The molecule has 1 fully saturated rings. The minimum atomic E-state index is -3.09. The molecule has 0 bridgehead atoms. The monoisotopic (exact) mass is 481 g/mol. The first kappa shape index (κ1) is 24.4. The van der Waals surface area contributed by atoms with Gasteiger partial charge in [-0.3, -0.25) is 4.79 Å². The number of piperidine rings is 1. The van der Waals surface area contributed by atoms with Crippen LogP contribution in [0.15, 0.2) is 24.4 Å². The van der Waals surface area contributed by atoms with Crippen LogP contribution in [-0.2, 0) is 15.4 Å². The number of nitrogen functional groups attached to an aromatic ring is 1. The number of aliphatic hydroxyl groups is 1.